The predicted molar refractivity (Wildman–Crippen MR) is 124 cm³/mol. The van der Waals surface area contributed by atoms with Crippen LogP contribution in [0.1, 0.15) is 12.8 Å². The molecule has 2 heterocycles. The molecule has 13 heteroatoms. The highest BCUT2D eigenvalue weighted by Gasteiger charge is 2.34. The monoisotopic (exact) mass is 531 g/mol. The van der Waals surface area contributed by atoms with Crippen molar-refractivity contribution in [3.8, 4) is 5.75 Å². The van der Waals surface area contributed by atoms with Crippen molar-refractivity contribution >= 4 is 25.7 Å². The molecule has 2 saturated heterocycles. The first kappa shape index (κ1) is 25.8. The Kier molecular flexibility index (Phi) is 7.62. The number of ether oxygens (including phenoxy) is 2. The van der Waals surface area contributed by atoms with Gasteiger partial charge >= 0.3 is 0 Å². The standard InChI is InChI=1S/C22H27F2N3O6S2/c1-32-21-8-7-17(34(28,29)25-15-16-4-3-13-33-16)14-20(21)26-9-11-27(12-10-26)35(30,31)22-18(23)5-2-6-19(22)24/h2,5-8,14,16,25H,3-4,9-13,15H2,1H3/t16-/m0/s1. The van der Waals surface area contributed by atoms with Crippen molar-refractivity contribution < 1.29 is 35.1 Å². The van der Waals surface area contributed by atoms with Crippen LogP contribution in [0.5, 0.6) is 5.75 Å². The Bertz CT molecular complexity index is 1260. The van der Waals surface area contributed by atoms with E-state index >= 15 is 0 Å². The van der Waals surface area contributed by atoms with Gasteiger partial charge in [0.25, 0.3) is 0 Å². The van der Waals surface area contributed by atoms with E-state index in [0.29, 0.717) is 18.0 Å². The number of hydrogen-bond donors (Lipinski definition) is 1. The number of hydrogen-bond acceptors (Lipinski definition) is 7. The molecule has 2 aliphatic heterocycles. The number of nitrogens with zero attached hydrogens (tertiary/aromatic N) is 2. The molecule has 0 aromatic heterocycles. The highest BCUT2D eigenvalue weighted by Crippen LogP contribution is 2.33. The van der Waals surface area contributed by atoms with Crippen LogP contribution in [0.25, 0.3) is 0 Å². The van der Waals surface area contributed by atoms with Gasteiger partial charge in [0.2, 0.25) is 20.0 Å². The van der Waals surface area contributed by atoms with E-state index in [-0.39, 0.29) is 43.7 Å². The first-order chi connectivity index (χ1) is 16.6. The number of sulfonamides is 2. The van der Waals surface area contributed by atoms with E-state index in [1.54, 1.807) is 4.90 Å². The van der Waals surface area contributed by atoms with Crippen molar-refractivity contribution in [3.63, 3.8) is 0 Å². The Morgan fingerprint density at radius 1 is 1.06 bits per heavy atom. The molecule has 1 N–H and O–H groups in total. The SMILES string of the molecule is COc1ccc(S(=O)(=O)NC[C@@H]2CCCO2)cc1N1CCN(S(=O)(=O)c2c(F)cccc2F)CC1. The van der Waals surface area contributed by atoms with Crippen molar-refractivity contribution in [2.45, 2.75) is 28.7 Å². The molecule has 2 fully saturated rings. The molecule has 0 radical (unpaired) electrons. The summed E-state index contributed by atoms with van der Waals surface area (Å²) < 4.78 is 94.1. The van der Waals surface area contributed by atoms with Gasteiger partial charge in [-0.25, -0.2) is 30.3 Å². The summed E-state index contributed by atoms with van der Waals surface area (Å²) in [6.45, 7) is 1.02. The number of piperazine rings is 1. The van der Waals surface area contributed by atoms with E-state index in [1.165, 1.54) is 25.3 Å². The lowest BCUT2D eigenvalue weighted by molar-refractivity contribution is 0.114. The molecule has 4 rings (SSSR count). The molecule has 2 aromatic carbocycles. The third kappa shape index (κ3) is 5.43. The zero-order chi connectivity index (χ0) is 25.2. The predicted octanol–water partition coefficient (Wildman–Crippen LogP) is 1.94. The maximum atomic E-state index is 14.1. The van der Waals surface area contributed by atoms with Crippen LogP contribution in [0, 0.1) is 11.6 Å². The number of methoxy groups -OCH3 is 1. The van der Waals surface area contributed by atoms with Crippen LogP contribution in [0.3, 0.4) is 0 Å². The van der Waals surface area contributed by atoms with Gasteiger partial charge in [-0.15, -0.1) is 0 Å². The molecule has 0 unspecified atom stereocenters. The molecule has 0 bridgehead atoms. The fraction of sp³-hybridized carbons (Fsp3) is 0.455. The Labute approximate surface area is 203 Å². The average Bonchev–Trinajstić information content (AvgIpc) is 3.36. The van der Waals surface area contributed by atoms with Gasteiger partial charge in [0.1, 0.15) is 17.4 Å². The van der Waals surface area contributed by atoms with Gasteiger partial charge in [-0.2, -0.15) is 4.31 Å². The van der Waals surface area contributed by atoms with Crippen LogP contribution < -0.4 is 14.4 Å². The molecular formula is C22H27F2N3O6S2. The van der Waals surface area contributed by atoms with E-state index in [0.717, 1.165) is 35.3 Å². The molecule has 9 nitrogen and oxygen atoms in total. The smallest absolute Gasteiger partial charge is 0.249 e. The van der Waals surface area contributed by atoms with E-state index in [9.17, 15) is 25.6 Å². The minimum absolute atomic E-state index is 0.0368. The maximum absolute atomic E-state index is 14.1. The Morgan fingerprint density at radius 2 is 1.74 bits per heavy atom. The topological polar surface area (TPSA) is 105 Å². The van der Waals surface area contributed by atoms with Gasteiger partial charge in [0.15, 0.2) is 4.90 Å². The number of nitrogens with one attached hydrogen (secondary N) is 1. The molecule has 2 aromatic rings. The quantitative estimate of drug-likeness (QED) is 0.555. The normalized spacial score (nSPS) is 19.7. The molecule has 0 saturated carbocycles. The second kappa shape index (κ2) is 10.3. The molecule has 192 valence electrons. The third-order valence-corrected chi connectivity index (χ3v) is 9.45. The van der Waals surface area contributed by atoms with Crippen molar-refractivity contribution in [2.24, 2.45) is 0 Å². The number of rotatable bonds is 8. The minimum Gasteiger partial charge on any atom is -0.495 e. The van der Waals surface area contributed by atoms with E-state index in [4.69, 9.17) is 9.47 Å². The van der Waals surface area contributed by atoms with Gasteiger partial charge in [-0.1, -0.05) is 6.07 Å². The molecule has 0 aliphatic carbocycles. The lowest BCUT2D eigenvalue weighted by Gasteiger charge is -2.36. The summed E-state index contributed by atoms with van der Waals surface area (Å²) in [6, 6.07) is 7.34. The van der Waals surface area contributed by atoms with Crippen LogP contribution in [0.4, 0.5) is 14.5 Å². The van der Waals surface area contributed by atoms with Crippen LogP contribution in [-0.4, -0.2) is 73.7 Å². The van der Waals surface area contributed by atoms with E-state index < -0.39 is 36.6 Å². The zero-order valence-corrected chi connectivity index (χ0v) is 20.7. The van der Waals surface area contributed by atoms with Gasteiger partial charge < -0.3 is 14.4 Å². The van der Waals surface area contributed by atoms with Gasteiger partial charge in [-0.05, 0) is 43.2 Å². The minimum atomic E-state index is -4.38. The number of anilines is 1. The van der Waals surface area contributed by atoms with Crippen LogP contribution in [-0.2, 0) is 24.8 Å². The summed E-state index contributed by atoms with van der Waals surface area (Å²) in [5.74, 6) is -1.88. The van der Waals surface area contributed by atoms with Crippen LogP contribution in [0.2, 0.25) is 0 Å². The Morgan fingerprint density at radius 3 is 2.34 bits per heavy atom. The number of halogens is 2. The lowest BCUT2D eigenvalue weighted by Crippen LogP contribution is -2.49. The first-order valence-corrected chi connectivity index (χ1v) is 14.0. The molecule has 2 aliphatic rings. The highest BCUT2D eigenvalue weighted by molar-refractivity contribution is 7.89. The fourth-order valence-corrected chi connectivity index (χ4v) is 6.82. The van der Waals surface area contributed by atoms with Crippen molar-refractivity contribution in [2.75, 3.05) is 51.3 Å². The molecule has 0 spiro atoms. The summed E-state index contributed by atoms with van der Waals surface area (Å²) in [4.78, 5) is 0.841. The highest BCUT2D eigenvalue weighted by atomic mass is 32.2. The maximum Gasteiger partial charge on any atom is 0.249 e. The summed E-state index contributed by atoms with van der Waals surface area (Å²) in [7, 11) is -6.75. The summed E-state index contributed by atoms with van der Waals surface area (Å²) >= 11 is 0. The van der Waals surface area contributed by atoms with Crippen LogP contribution >= 0.6 is 0 Å². The molecule has 0 amide bonds. The molecule has 1 atom stereocenters. The zero-order valence-electron chi connectivity index (χ0n) is 19.1. The van der Waals surface area contributed by atoms with E-state index in [1.807, 2.05) is 0 Å². The van der Waals surface area contributed by atoms with Gasteiger partial charge in [0.05, 0.1) is 23.8 Å². The fourth-order valence-electron chi connectivity index (χ4n) is 4.20. The third-order valence-electron chi connectivity index (χ3n) is 6.08. The molecular weight excluding hydrogens is 504 g/mol. The van der Waals surface area contributed by atoms with Crippen molar-refractivity contribution in [3.05, 3.63) is 48.0 Å². The summed E-state index contributed by atoms with van der Waals surface area (Å²) in [5, 5.41) is 0. The first-order valence-electron chi connectivity index (χ1n) is 11.1. The van der Waals surface area contributed by atoms with Gasteiger partial charge in [0, 0.05) is 39.3 Å². The average molecular weight is 532 g/mol. The lowest BCUT2D eigenvalue weighted by atomic mass is 10.2. The Balaban J connectivity index is 1.51. The summed E-state index contributed by atoms with van der Waals surface area (Å²) in [6.07, 6.45) is 1.53. The van der Waals surface area contributed by atoms with E-state index in [2.05, 4.69) is 4.72 Å². The second-order valence-corrected chi connectivity index (χ2v) is 11.9. The van der Waals surface area contributed by atoms with Gasteiger partial charge in [-0.3, -0.25) is 0 Å². The molecule has 35 heavy (non-hydrogen) atoms. The summed E-state index contributed by atoms with van der Waals surface area (Å²) in [5.41, 5.74) is 0.474. The van der Waals surface area contributed by atoms with Crippen LogP contribution in [0.15, 0.2) is 46.2 Å². The number of benzene rings is 2. The largest absolute Gasteiger partial charge is 0.495 e. The Hall–Kier alpha value is -2.32. The van der Waals surface area contributed by atoms with Crippen molar-refractivity contribution in [1.82, 2.24) is 9.03 Å². The van der Waals surface area contributed by atoms with Crippen molar-refractivity contribution in [1.29, 1.82) is 0 Å². The second-order valence-electron chi connectivity index (χ2n) is 8.26.